The van der Waals surface area contributed by atoms with E-state index in [-0.39, 0.29) is 24.0 Å². The fourth-order valence-electron chi connectivity index (χ4n) is 2.59. The van der Waals surface area contributed by atoms with E-state index < -0.39 is 0 Å². The predicted octanol–water partition coefficient (Wildman–Crippen LogP) is 2.42. The lowest BCUT2D eigenvalue weighted by Gasteiger charge is -2.20. The van der Waals surface area contributed by atoms with E-state index in [1.165, 1.54) is 6.33 Å². The number of hydrogen-bond donors (Lipinski definition) is 2. The monoisotopic (exact) mass is 480 g/mol. The molecule has 0 aliphatic carbocycles. The second-order valence-electron chi connectivity index (χ2n) is 5.94. The highest BCUT2D eigenvalue weighted by Gasteiger charge is 2.10. The quantitative estimate of drug-likeness (QED) is 0.322. The van der Waals surface area contributed by atoms with Crippen molar-refractivity contribution >= 4 is 29.9 Å². The molecule has 2 heterocycles. The maximum Gasteiger partial charge on any atom is 0.194 e. The first-order valence-electron chi connectivity index (χ1n) is 8.59. The van der Waals surface area contributed by atoms with Gasteiger partial charge in [-0.2, -0.15) is 5.10 Å². The highest BCUT2D eigenvalue weighted by atomic mass is 127. The van der Waals surface area contributed by atoms with Gasteiger partial charge in [0, 0.05) is 20.6 Å². The third kappa shape index (κ3) is 5.52. The van der Waals surface area contributed by atoms with Gasteiger partial charge >= 0.3 is 0 Å². The average Bonchev–Trinajstić information content (AvgIpc) is 3.28. The number of nitrogens with one attached hydrogen (secondary N) is 2. The lowest BCUT2D eigenvalue weighted by molar-refractivity contribution is 0.463. The van der Waals surface area contributed by atoms with Crippen molar-refractivity contribution < 1.29 is 0 Å². The molecule has 0 aliphatic heterocycles. The van der Waals surface area contributed by atoms with Crippen molar-refractivity contribution in [2.24, 2.45) is 12.0 Å². The second-order valence-corrected chi connectivity index (χ2v) is 5.94. The normalized spacial score (nSPS) is 11.1. The summed E-state index contributed by atoms with van der Waals surface area (Å²) in [6.07, 6.45) is 3.40. The number of halogens is 1. The van der Waals surface area contributed by atoms with Crippen molar-refractivity contribution in [2.45, 2.75) is 20.0 Å². The molecule has 2 N–H and O–H groups in total. The zero-order valence-electron chi connectivity index (χ0n) is 15.8. The molecule has 0 atom stereocenters. The number of H-pyrrole nitrogens is 1. The van der Waals surface area contributed by atoms with Gasteiger partial charge in [-0.3, -0.25) is 4.68 Å². The molecule has 2 aromatic heterocycles. The van der Waals surface area contributed by atoms with Crippen molar-refractivity contribution in [1.82, 2.24) is 34.9 Å². The molecule has 27 heavy (non-hydrogen) atoms. The Morgan fingerprint density at radius 1 is 1.26 bits per heavy atom. The molecule has 0 unspecified atom stereocenters. The number of aromatic nitrogens is 5. The van der Waals surface area contributed by atoms with E-state index >= 15 is 0 Å². The summed E-state index contributed by atoms with van der Waals surface area (Å²) in [4.78, 5) is 18.8. The van der Waals surface area contributed by atoms with Crippen LogP contribution in [0.25, 0.3) is 11.3 Å². The molecule has 0 fully saturated rings. The average molecular weight is 480 g/mol. The zero-order chi connectivity index (χ0) is 18.4. The summed E-state index contributed by atoms with van der Waals surface area (Å²) in [5.74, 6) is 2.50. The number of guanidine groups is 1. The summed E-state index contributed by atoms with van der Waals surface area (Å²) >= 11 is 0. The topological polar surface area (TPSA) is 87.0 Å². The van der Waals surface area contributed by atoms with Crippen LogP contribution in [-0.2, 0) is 20.1 Å². The number of hydrogen-bond acceptors (Lipinski definition) is 4. The van der Waals surface area contributed by atoms with Crippen LogP contribution >= 0.6 is 24.0 Å². The number of nitrogens with zero attached hydrogens (tertiary/aromatic N) is 6. The van der Waals surface area contributed by atoms with Crippen LogP contribution in [0.2, 0.25) is 0 Å². The summed E-state index contributed by atoms with van der Waals surface area (Å²) in [5, 5.41) is 7.37. The molecule has 3 aromatic rings. The number of aliphatic imine (C=N–C) groups is 1. The largest absolute Gasteiger partial charge is 0.357 e. The molecular formula is C18H25IN8. The SMILES string of the molecule is CCNC(=NCc1ncnn1C)N(C)Cc1ncc(-c2ccccc2)[nH]1.I. The van der Waals surface area contributed by atoms with E-state index in [2.05, 4.69) is 42.5 Å². The van der Waals surface area contributed by atoms with Crippen molar-refractivity contribution in [1.29, 1.82) is 0 Å². The minimum atomic E-state index is 0. The Balaban J connectivity index is 0.00000261. The highest BCUT2D eigenvalue weighted by Crippen LogP contribution is 2.16. The lowest BCUT2D eigenvalue weighted by atomic mass is 10.2. The van der Waals surface area contributed by atoms with Crippen LogP contribution in [0.3, 0.4) is 0 Å². The van der Waals surface area contributed by atoms with Gasteiger partial charge in [0.15, 0.2) is 5.96 Å². The van der Waals surface area contributed by atoms with Crippen LogP contribution in [0.4, 0.5) is 0 Å². The van der Waals surface area contributed by atoms with Gasteiger partial charge in [-0.25, -0.2) is 15.0 Å². The van der Waals surface area contributed by atoms with E-state index in [1.54, 1.807) is 4.68 Å². The van der Waals surface area contributed by atoms with Gasteiger partial charge < -0.3 is 15.2 Å². The highest BCUT2D eigenvalue weighted by molar-refractivity contribution is 14.0. The van der Waals surface area contributed by atoms with E-state index in [0.29, 0.717) is 13.1 Å². The van der Waals surface area contributed by atoms with Gasteiger partial charge in [-0.05, 0) is 12.5 Å². The van der Waals surface area contributed by atoms with Crippen LogP contribution in [0, 0.1) is 0 Å². The number of aromatic amines is 1. The second kappa shape index (κ2) is 10.0. The third-order valence-corrected chi connectivity index (χ3v) is 3.97. The molecule has 0 spiro atoms. The minimum Gasteiger partial charge on any atom is -0.357 e. The molecule has 1 aromatic carbocycles. The summed E-state index contributed by atoms with van der Waals surface area (Å²) in [6.45, 7) is 3.93. The van der Waals surface area contributed by atoms with Gasteiger partial charge in [-0.1, -0.05) is 30.3 Å². The molecule has 8 nitrogen and oxygen atoms in total. The van der Waals surface area contributed by atoms with Crippen molar-refractivity contribution in [3.8, 4) is 11.3 Å². The summed E-state index contributed by atoms with van der Waals surface area (Å²) in [6, 6.07) is 10.2. The Bertz CT molecular complexity index is 855. The Hall–Kier alpha value is -2.43. The third-order valence-electron chi connectivity index (χ3n) is 3.97. The number of benzene rings is 1. The molecular weight excluding hydrogens is 455 g/mol. The molecule has 0 amide bonds. The van der Waals surface area contributed by atoms with Gasteiger partial charge in [0.1, 0.15) is 24.5 Å². The van der Waals surface area contributed by atoms with E-state index in [0.717, 1.165) is 35.4 Å². The Morgan fingerprint density at radius 3 is 2.70 bits per heavy atom. The predicted molar refractivity (Wildman–Crippen MR) is 117 cm³/mol. The first kappa shape index (κ1) is 20.9. The molecule has 0 radical (unpaired) electrons. The molecule has 0 saturated heterocycles. The van der Waals surface area contributed by atoms with Crippen LogP contribution in [-0.4, -0.2) is 49.2 Å². The molecule has 0 aliphatic rings. The first-order valence-corrected chi connectivity index (χ1v) is 8.59. The van der Waals surface area contributed by atoms with Crippen LogP contribution in [0.5, 0.6) is 0 Å². The Kier molecular flexibility index (Phi) is 7.77. The maximum absolute atomic E-state index is 4.64. The van der Waals surface area contributed by atoms with E-state index in [4.69, 9.17) is 0 Å². The number of rotatable bonds is 6. The fourth-order valence-corrected chi connectivity index (χ4v) is 2.59. The number of aryl methyl sites for hydroxylation is 1. The fraction of sp³-hybridized carbons (Fsp3) is 0.333. The standard InChI is InChI=1S/C18H24N8.HI/c1-4-19-18(21-11-17-22-13-23-26(17)3)25(2)12-16-20-10-15(24-16)14-8-6-5-7-9-14;/h5-10,13H,4,11-12H2,1-3H3,(H,19,21)(H,20,24);1H. The lowest BCUT2D eigenvalue weighted by Crippen LogP contribution is -2.38. The number of imidazole rings is 1. The Morgan fingerprint density at radius 2 is 2.04 bits per heavy atom. The molecule has 0 bridgehead atoms. The van der Waals surface area contributed by atoms with Crippen molar-refractivity contribution in [3.05, 3.63) is 54.5 Å². The van der Waals surface area contributed by atoms with E-state index in [9.17, 15) is 0 Å². The van der Waals surface area contributed by atoms with Crippen LogP contribution < -0.4 is 5.32 Å². The van der Waals surface area contributed by atoms with Gasteiger partial charge in [0.25, 0.3) is 0 Å². The van der Waals surface area contributed by atoms with Gasteiger partial charge in [0.05, 0.1) is 18.4 Å². The van der Waals surface area contributed by atoms with Gasteiger partial charge in [-0.15, -0.1) is 24.0 Å². The molecule has 0 saturated carbocycles. The van der Waals surface area contributed by atoms with Gasteiger partial charge in [0.2, 0.25) is 0 Å². The van der Waals surface area contributed by atoms with Crippen molar-refractivity contribution in [2.75, 3.05) is 13.6 Å². The van der Waals surface area contributed by atoms with E-state index in [1.807, 2.05) is 50.3 Å². The summed E-state index contributed by atoms with van der Waals surface area (Å²) in [7, 11) is 3.85. The van der Waals surface area contributed by atoms with Crippen molar-refractivity contribution in [3.63, 3.8) is 0 Å². The molecule has 3 rings (SSSR count). The summed E-state index contributed by atoms with van der Waals surface area (Å²) < 4.78 is 1.73. The molecule has 144 valence electrons. The smallest absolute Gasteiger partial charge is 0.194 e. The zero-order valence-corrected chi connectivity index (χ0v) is 18.1. The van der Waals surface area contributed by atoms with Crippen LogP contribution in [0.15, 0.2) is 47.8 Å². The summed E-state index contributed by atoms with van der Waals surface area (Å²) in [5.41, 5.74) is 2.13. The minimum absolute atomic E-state index is 0. The molecule has 9 heteroatoms. The van der Waals surface area contributed by atoms with Crippen LogP contribution in [0.1, 0.15) is 18.6 Å². The maximum atomic E-state index is 4.64. The first-order chi connectivity index (χ1) is 12.7. The Labute approximate surface area is 176 Å².